The number of rotatable bonds is 6. The van der Waals surface area contributed by atoms with Gasteiger partial charge in [0.15, 0.2) is 5.54 Å². The topological polar surface area (TPSA) is 75.6 Å². The SMILES string of the molecule is CNC(C(=O)O)(c1ccccc1)C(C)OC(=O)c1ccccc1. The molecule has 0 aliphatic rings. The molecule has 2 aromatic carbocycles. The molecule has 120 valence electrons. The molecule has 5 nitrogen and oxygen atoms in total. The lowest BCUT2D eigenvalue weighted by Crippen LogP contribution is -2.56. The van der Waals surface area contributed by atoms with E-state index in [4.69, 9.17) is 4.74 Å². The van der Waals surface area contributed by atoms with E-state index in [9.17, 15) is 14.7 Å². The van der Waals surface area contributed by atoms with Crippen LogP contribution in [0, 0.1) is 0 Å². The number of nitrogens with one attached hydrogen (secondary N) is 1. The second kappa shape index (κ2) is 7.07. The van der Waals surface area contributed by atoms with Crippen molar-refractivity contribution in [2.75, 3.05) is 7.05 Å². The van der Waals surface area contributed by atoms with Crippen molar-refractivity contribution in [2.45, 2.75) is 18.6 Å². The van der Waals surface area contributed by atoms with Gasteiger partial charge in [-0.1, -0.05) is 48.5 Å². The van der Waals surface area contributed by atoms with Crippen molar-refractivity contribution in [1.82, 2.24) is 5.32 Å². The minimum absolute atomic E-state index is 0.378. The highest BCUT2D eigenvalue weighted by molar-refractivity contribution is 5.90. The zero-order valence-corrected chi connectivity index (χ0v) is 13.0. The Bertz CT molecular complexity index is 672. The third-order valence-corrected chi connectivity index (χ3v) is 3.86. The summed E-state index contributed by atoms with van der Waals surface area (Å²) in [5, 5.41) is 12.6. The third-order valence-electron chi connectivity index (χ3n) is 3.86. The Morgan fingerprint density at radius 1 is 1.04 bits per heavy atom. The maximum atomic E-state index is 12.2. The monoisotopic (exact) mass is 313 g/mol. The lowest BCUT2D eigenvalue weighted by atomic mass is 9.85. The van der Waals surface area contributed by atoms with Gasteiger partial charge >= 0.3 is 11.9 Å². The van der Waals surface area contributed by atoms with Gasteiger partial charge in [0.05, 0.1) is 5.56 Å². The van der Waals surface area contributed by atoms with Crippen LogP contribution in [0.3, 0.4) is 0 Å². The van der Waals surface area contributed by atoms with Crippen molar-refractivity contribution in [1.29, 1.82) is 0 Å². The molecule has 0 radical (unpaired) electrons. The number of ether oxygens (including phenoxy) is 1. The van der Waals surface area contributed by atoms with Gasteiger partial charge in [-0.25, -0.2) is 9.59 Å². The van der Waals surface area contributed by atoms with Gasteiger partial charge in [0.2, 0.25) is 0 Å². The third kappa shape index (κ3) is 3.24. The Hall–Kier alpha value is -2.66. The summed E-state index contributed by atoms with van der Waals surface area (Å²) in [4.78, 5) is 24.2. The lowest BCUT2D eigenvalue weighted by molar-refractivity contribution is -0.150. The van der Waals surface area contributed by atoms with E-state index in [0.717, 1.165) is 0 Å². The summed E-state index contributed by atoms with van der Waals surface area (Å²) in [5.41, 5.74) is -0.628. The van der Waals surface area contributed by atoms with E-state index in [1.165, 1.54) is 7.05 Å². The van der Waals surface area contributed by atoms with Crippen molar-refractivity contribution in [3.05, 3.63) is 71.8 Å². The van der Waals surface area contributed by atoms with Crippen molar-refractivity contribution in [3.8, 4) is 0 Å². The molecule has 0 fully saturated rings. The smallest absolute Gasteiger partial charge is 0.338 e. The van der Waals surface area contributed by atoms with Gasteiger partial charge in [0.25, 0.3) is 0 Å². The Labute approximate surface area is 134 Å². The average molecular weight is 313 g/mol. The highest BCUT2D eigenvalue weighted by atomic mass is 16.5. The van der Waals surface area contributed by atoms with Gasteiger partial charge in [-0.15, -0.1) is 0 Å². The maximum Gasteiger partial charge on any atom is 0.338 e. The van der Waals surface area contributed by atoms with Gasteiger partial charge in [-0.3, -0.25) is 5.32 Å². The van der Waals surface area contributed by atoms with Crippen LogP contribution in [0.5, 0.6) is 0 Å². The standard InChI is InChI=1S/C18H19NO4/c1-13(23-16(20)14-9-5-3-6-10-14)18(19-2,17(21)22)15-11-7-4-8-12-15/h3-13,19H,1-2H3,(H,21,22). The highest BCUT2D eigenvalue weighted by Gasteiger charge is 2.46. The van der Waals surface area contributed by atoms with Gasteiger partial charge in [0, 0.05) is 0 Å². The zero-order chi connectivity index (χ0) is 16.9. The minimum Gasteiger partial charge on any atom is -0.480 e. The van der Waals surface area contributed by atoms with Crippen molar-refractivity contribution >= 4 is 11.9 Å². The quantitative estimate of drug-likeness (QED) is 0.801. The molecule has 0 spiro atoms. The Kier molecular flexibility index (Phi) is 5.13. The van der Waals surface area contributed by atoms with Crippen LogP contribution in [0.25, 0.3) is 0 Å². The summed E-state index contributed by atoms with van der Waals surface area (Å²) in [7, 11) is 1.54. The molecule has 0 aliphatic carbocycles. The summed E-state index contributed by atoms with van der Waals surface area (Å²) < 4.78 is 5.43. The molecule has 2 N–H and O–H groups in total. The molecule has 2 rings (SSSR count). The molecule has 0 amide bonds. The number of hydrogen-bond acceptors (Lipinski definition) is 4. The van der Waals surface area contributed by atoms with E-state index in [2.05, 4.69) is 5.32 Å². The van der Waals surface area contributed by atoms with Crippen molar-refractivity contribution in [2.24, 2.45) is 0 Å². The molecular weight excluding hydrogens is 294 g/mol. The van der Waals surface area contributed by atoms with Crippen LogP contribution in [0.15, 0.2) is 60.7 Å². The highest BCUT2D eigenvalue weighted by Crippen LogP contribution is 2.28. The van der Waals surface area contributed by atoms with Crippen molar-refractivity contribution in [3.63, 3.8) is 0 Å². The molecule has 23 heavy (non-hydrogen) atoms. The molecule has 0 heterocycles. The van der Waals surface area contributed by atoms with Crippen LogP contribution in [-0.2, 0) is 15.1 Å². The summed E-state index contributed by atoms with van der Waals surface area (Å²) in [5.74, 6) is -1.67. The first-order valence-corrected chi connectivity index (χ1v) is 7.26. The summed E-state index contributed by atoms with van der Waals surface area (Å²) in [6, 6.07) is 17.2. The van der Waals surface area contributed by atoms with E-state index in [0.29, 0.717) is 11.1 Å². The first-order chi connectivity index (χ1) is 11.0. The van der Waals surface area contributed by atoms with Crippen molar-refractivity contribution < 1.29 is 19.4 Å². The minimum atomic E-state index is -1.52. The molecule has 2 aromatic rings. The van der Waals surface area contributed by atoms with Gasteiger partial charge in [-0.05, 0) is 31.7 Å². The van der Waals surface area contributed by atoms with Crippen LogP contribution in [-0.4, -0.2) is 30.2 Å². The average Bonchev–Trinajstić information content (AvgIpc) is 2.57. The number of carbonyl (C=O) groups excluding carboxylic acids is 1. The predicted molar refractivity (Wildman–Crippen MR) is 86.1 cm³/mol. The van der Waals surface area contributed by atoms with Crippen LogP contribution in [0.4, 0.5) is 0 Å². The van der Waals surface area contributed by atoms with E-state index in [1.807, 2.05) is 0 Å². The summed E-state index contributed by atoms with van der Waals surface area (Å²) in [6.07, 6.45) is -0.917. The van der Waals surface area contributed by atoms with Crippen LogP contribution < -0.4 is 5.32 Å². The number of hydrogen-bond donors (Lipinski definition) is 2. The molecule has 0 saturated heterocycles. The Morgan fingerprint density at radius 3 is 2.04 bits per heavy atom. The largest absolute Gasteiger partial charge is 0.480 e. The summed E-state index contributed by atoms with van der Waals surface area (Å²) >= 11 is 0. The molecule has 0 saturated carbocycles. The van der Waals surface area contributed by atoms with Gasteiger partial charge in [0.1, 0.15) is 6.10 Å². The number of benzene rings is 2. The second-order valence-corrected chi connectivity index (χ2v) is 5.14. The molecule has 0 aliphatic heterocycles. The fourth-order valence-corrected chi connectivity index (χ4v) is 2.58. The number of carbonyl (C=O) groups is 2. The first kappa shape index (κ1) is 16.7. The van der Waals surface area contributed by atoms with Crippen LogP contribution >= 0.6 is 0 Å². The second-order valence-electron chi connectivity index (χ2n) is 5.14. The molecule has 0 bridgehead atoms. The lowest BCUT2D eigenvalue weighted by Gasteiger charge is -2.34. The number of aliphatic carboxylic acids is 1. The molecular formula is C18H19NO4. The number of carboxylic acids is 1. The normalized spacial score (nSPS) is 14.5. The first-order valence-electron chi connectivity index (χ1n) is 7.26. The number of likely N-dealkylation sites (N-methyl/N-ethyl adjacent to an activating group) is 1. The molecule has 0 aromatic heterocycles. The van der Waals surface area contributed by atoms with Gasteiger partial charge < -0.3 is 9.84 Å². The number of esters is 1. The van der Waals surface area contributed by atoms with E-state index < -0.39 is 23.6 Å². The predicted octanol–water partition coefficient (Wildman–Crippen LogP) is 2.43. The van der Waals surface area contributed by atoms with Crippen LogP contribution in [0.1, 0.15) is 22.8 Å². The Balaban J connectivity index is 2.33. The fraction of sp³-hybridized carbons (Fsp3) is 0.222. The van der Waals surface area contributed by atoms with Crippen LogP contribution in [0.2, 0.25) is 0 Å². The molecule has 5 heteroatoms. The van der Waals surface area contributed by atoms with E-state index in [-0.39, 0.29) is 0 Å². The summed E-state index contributed by atoms with van der Waals surface area (Å²) in [6.45, 7) is 1.57. The Morgan fingerprint density at radius 2 is 1.57 bits per heavy atom. The zero-order valence-electron chi connectivity index (χ0n) is 13.0. The molecule has 2 unspecified atom stereocenters. The molecule has 2 atom stereocenters. The number of carboxylic acid groups (broad SMARTS) is 1. The maximum absolute atomic E-state index is 12.2. The van der Waals surface area contributed by atoms with E-state index >= 15 is 0 Å². The van der Waals surface area contributed by atoms with Gasteiger partial charge in [-0.2, -0.15) is 0 Å². The van der Waals surface area contributed by atoms with E-state index in [1.54, 1.807) is 67.6 Å². The fourth-order valence-electron chi connectivity index (χ4n) is 2.58.